The summed E-state index contributed by atoms with van der Waals surface area (Å²) >= 11 is 0. The highest BCUT2D eigenvalue weighted by Gasteiger charge is 2.65. The molecule has 2 saturated heterocycles. The zero-order valence-corrected chi connectivity index (χ0v) is 24.1. The molecule has 6 nitrogen and oxygen atoms in total. The van der Waals surface area contributed by atoms with Gasteiger partial charge in [0.1, 0.15) is 11.8 Å². The molecule has 6 aliphatic rings. The second-order valence-corrected chi connectivity index (χ2v) is 13.4. The van der Waals surface area contributed by atoms with Gasteiger partial charge in [-0.3, -0.25) is 4.79 Å². The molecule has 0 radical (unpaired) electrons. The molecule has 3 aromatic rings. The van der Waals surface area contributed by atoms with Crippen molar-refractivity contribution in [2.45, 2.75) is 62.0 Å². The quantitative estimate of drug-likeness (QED) is 0.471. The van der Waals surface area contributed by atoms with E-state index in [1.54, 1.807) is 7.11 Å². The summed E-state index contributed by atoms with van der Waals surface area (Å²) in [5, 5.41) is 0. The molecule has 2 fully saturated rings. The molecule has 210 valence electrons. The van der Waals surface area contributed by atoms with Crippen LogP contribution in [0.5, 0.6) is 11.5 Å². The van der Waals surface area contributed by atoms with Gasteiger partial charge in [0.25, 0.3) is 5.91 Å². The molecule has 3 aliphatic heterocycles. The van der Waals surface area contributed by atoms with Gasteiger partial charge in [-0.2, -0.15) is 0 Å². The summed E-state index contributed by atoms with van der Waals surface area (Å²) in [5.74, 6) is 2.36. The fraction of sp³-hybridized carbons (Fsp3) is 0.457. The summed E-state index contributed by atoms with van der Waals surface area (Å²) < 4.78 is 12.8. The van der Waals surface area contributed by atoms with Crippen molar-refractivity contribution in [1.29, 1.82) is 0 Å². The number of H-pyrrole nitrogens is 1. The minimum Gasteiger partial charge on any atom is -0.493 e. The van der Waals surface area contributed by atoms with Gasteiger partial charge in [0.05, 0.1) is 12.8 Å². The molecule has 1 aromatic heterocycles. The van der Waals surface area contributed by atoms with E-state index in [1.165, 1.54) is 27.8 Å². The molecule has 1 amide bonds. The van der Waals surface area contributed by atoms with Crippen LogP contribution in [0.25, 0.3) is 6.08 Å². The summed E-state index contributed by atoms with van der Waals surface area (Å²) in [6.07, 6.45) is 9.57. The summed E-state index contributed by atoms with van der Waals surface area (Å²) in [4.78, 5) is 22.5. The molecular formula is C35H37N3O3. The molecule has 4 atom stereocenters. The first-order chi connectivity index (χ1) is 19.9. The first kappa shape index (κ1) is 24.1. The zero-order chi connectivity index (χ0) is 27.7. The van der Waals surface area contributed by atoms with Gasteiger partial charge in [-0.25, -0.2) is 0 Å². The highest BCUT2D eigenvalue weighted by Crippen LogP contribution is 2.67. The number of likely N-dealkylation sites (tertiary alicyclic amines) is 2. The van der Waals surface area contributed by atoms with Crippen LogP contribution in [0, 0.1) is 12.8 Å². The fourth-order valence-corrected chi connectivity index (χ4v) is 9.79. The molecule has 4 heterocycles. The van der Waals surface area contributed by atoms with Crippen LogP contribution < -0.4 is 9.47 Å². The van der Waals surface area contributed by atoms with Crippen molar-refractivity contribution in [3.05, 3.63) is 87.2 Å². The van der Waals surface area contributed by atoms with Crippen LogP contribution in [0.3, 0.4) is 0 Å². The van der Waals surface area contributed by atoms with Gasteiger partial charge in [-0.05, 0) is 92.4 Å². The van der Waals surface area contributed by atoms with Crippen LogP contribution in [0.1, 0.15) is 74.9 Å². The third kappa shape index (κ3) is 2.89. The Balaban J connectivity index is 1.08. The third-order valence-corrected chi connectivity index (χ3v) is 11.9. The SMILES string of the molecule is COc1ccc2c3c1O[C@H]1c4[nH]c(C(=O)N5CCC6(C=Cc7ccccc76)CC5)c(C)c4C[C@H]4[C@H](C2)N(C)CCC314. The average Bonchev–Trinajstić information content (AvgIpc) is 3.64. The van der Waals surface area contributed by atoms with E-state index in [2.05, 4.69) is 77.3 Å². The predicted octanol–water partition coefficient (Wildman–Crippen LogP) is 5.34. The van der Waals surface area contributed by atoms with E-state index < -0.39 is 0 Å². The van der Waals surface area contributed by atoms with Crippen LogP contribution >= 0.6 is 0 Å². The number of ether oxygens (including phenoxy) is 2. The maximum atomic E-state index is 14.1. The van der Waals surface area contributed by atoms with Crippen LogP contribution in [-0.2, 0) is 23.7 Å². The number of nitrogens with one attached hydrogen (secondary N) is 1. The van der Waals surface area contributed by atoms with E-state index in [-0.39, 0.29) is 22.8 Å². The topological polar surface area (TPSA) is 57.8 Å². The van der Waals surface area contributed by atoms with Crippen molar-refractivity contribution in [3.63, 3.8) is 0 Å². The number of benzene rings is 2. The Morgan fingerprint density at radius 1 is 1.07 bits per heavy atom. The molecule has 9 rings (SSSR count). The summed E-state index contributed by atoms with van der Waals surface area (Å²) in [5.41, 5.74) is 9.83. The number of likely N-dealkylation sites (N-methyl/N-ethyl adjacent to an activating group) is 1. The second-order valence-electron chi connectivity index (χ2n) is 13.4. The number of hydrogen-bond donors (Lipinski definition) is 1. The molecule has 3 aliphatic carbocycles. The molecule has 2 spiro atoms. The number of fused-ring (bicyclic) bond motifs is 4. The summed E-state index contributed by atoms with van der Waals surface area (Å²) in [6, 6.07) is 13.5. The van der Waals surface area contributed by atoms with E-state index in [9.17, 15) is 4.79 Å². The smallest absolute Gasteiger partial charge is 0.270 e. The summed E-state index contributed by atoms with van der Waals surface area (Å²) in [7, 11) is 4.02. The van der Waals surface area contributed by atoms with Gasteiger partial charge in [-0.1, -0.05) is 42.5 Å². The Hall–Kier alpha value is -3.51. The van der Waals surface area contributed by atoms with E-state index in [0.717, 1.165) is 80.2 Å². The minimum atomic E-state index is -0.109. The highest BCUT2D eigenvalue weighted by molar-refractivity contribution is 5.95. The Morgan fingerprint density at radius 3 is 2.73 bits per heavy atom. The van der Waals surface area contributed by atoms with Gasteiger partial charge in [0.15, 0.2) is 11.5 Å². The van der Waals surface area contributed by atoms with Crippen LogP contribution in [0.15, 0.2) is 42.5 Å². The molecule has 1 unspecified atom stereocenters. The minimum absolute atomic E-state index is 0.0655. The van der Waals surface area contributed by atoms with Crippen LogP contribution in [-0.4, -0.2) is 60.5 Å². The first-order valence-electron chi connectivity index (χ1n) is 15.3. The average molecular weight is 548 g/mol. The van der Waals surface area contributed by atoms with Gasteiger partial charge in [0, 0.05) is 35.5 Å². The summed E-state index contributed by atoms with van der Waals surface area (Å²) in [6.45, 7) is 4.75. The lowest BCUT2D eigenvalue weighted by Crippen LogP contribution is -2.62. The number of hydrogen-bond acceptors (Lipinski definition) is 4. The van der Waals surface area contributed by atoms with Gasteiger partial charge in [0.2, 0.25) is 0 Å². The number of methoxy groups -OCH3 is 1. The van der Waals surface area contributed by atoms with Crippen molar-refractivity contribution < 1.29 is 14.3 Å². The number of carbonyl (C=O) groups is 1. The number of allylic oxidation sites excluding steroid dienone is 1. The lowest BCUT2D eigenvalue weighted by molar-refractivity contribution is -0.0256. The van der Waals surface area contributed by atoms with Crippen molar-refractivity contribution >= 4 is 12.0 Å². The maximum absolute atomic E-state index is 14.1. The lowest BCUT2D eigenvalue weighted by Gasteiger charge is -2.57. The second kappa shape index (κ2) is 8.07. The van der Waals surface area contributed by atoms with E-state index in [0.29, 0.717) is 12.0 Å². The number of aromatic nitrogens is 1. The van der Waals surface area contributed by atoms with Crippen molar-refractivity contribution in [3.8, 4) is 11.5 Å². The van der Waals surface area contributed by atoms with Crippen LogP contribution in [0.2, 0.25) is 0 Å². The molecule has 2 aromatic carbocycles. The Labute approximate surface area is 241 Å². The molecular weight excluding hydrogens is 510 g/mol. The first-order valence-corrected chi connectivity index (χ1v) is 15.3. The lowest BCUT2D eigenvalue weighted by atomic mass is 9.51. The number of aromatic amines is 1. The Kier molecular flexibility index (Phi) is 4.75. The predicted molar refractivity (Wildman–Crippen MR) is 158 cm³/mol. The van der Waals surface area contributed by atoms with E-state index in [1.807, 2.05) is 0 Å². The Bertz CT molecular complexity index is 1660. The number of carbonyl (C=O) groups excluding carboxylic acids is 1. The number of amides is 1. The number of nitrogens with zero attached hydrogens (tertiary/aromatic N) is 2. The maximum Gasteiger partial charge on any atom is 0.270 e. The molecule has 1 N–H and O–H groups in total. The monoisotopic (exact) mass is 547 g/mol. The fourth-order valence-electron chi connectivity index (χ4n) is 9.79. The highest BCUT2D eigenvalue weighted by atomic mass is 16.5. The van der Waals surface area contributed by atoms with Gasteiger partial charge >= 0.3 is 0 Å². The van der Waals surface area contributed by atoms with Crippen molar-refractivity contribution in [2.75, 3.05) is 33.8 Å². The molecule has 6 heteroatoms. The van der Waals surface area contributed by atoms with E-state index in [4.69, 9.17) is 9.47 Å². The zero-order valence-electron chi connectivity index (χ0n) is 24.1. The molecule has 0 saturated carbocycles. The van der Waals surface area contributed by atoms with Crippen LogP contribution in [0.4, 0.5) is 0 Å². The Morgan fingerprint density at radius 2 is 1.90 bits per heavy atom. The van der Waals surface area contributed by atoms with Crippen molar-refractivity contribution in [2.24, 2.45) is 5.92 Å². The number of rotatable bonds is 2. The van der Waals surface area contributed by atoms with Gasteiger partial charge in [-0.15, -0.1) is 0 Å². The van der Waals surface area contributed by atoms with Crippen molar-refractivity contribution in [1.82, 2.24) is 14.8 Å². The third-order valence-electron chi connectivity index (χ3n) is 11.9. The number of piperidine rings is 2. The van der Waals surface area contributed by atoms with E-state index >= 15 is 0 Å². The largest absolute Gasteiger partial charge is 0.493 e. The molecule has 2 bridgehead atoms. The van der Waals surface area contributed by atoms with Gasteiger partial charge < -0.3 is 24.3 Å². The molecule has 41 heavy (non-hydrogen) atoms. The normalized spacial score (nSPS) is 29.6. The standard InChI is InChI=1S/C35H37N3O3/c1-20-23-19-25-26-18-22-8-9-27(40-3)31-28(22)35(25,14-15-37(26)2)32(41-31)30(23)36-29(20)33(39)38-16-12-34(13-17-38)11-10-21-6-4-5-7-24(21)34/h4-11,25-26,32,36H,12-19H2,1-3H3/t25-,26-,32-,35?/m0/s1.